The van der Waals surface area contributed by atoms with Gasteiger partial charge in [-0.25, -0.2) is 0 Å². The van der Waals surface area contributed by atoms with Crippen molar-refractivity contribution in [2.24, 2.45) is 0 Å². The van der Waals surface area contributed by atoms with Crippen molar-refractivity contribution in [3.63, 3.8) is 0 Å². The molecule has 0 aliphatic rings. The van der Waals surface area contributed by atoms with Gasteiger partial charge in [-0.2, -0.15) is 0 Å². The van der Waals surface area contributed by atoms with Crippen molar-refractivity contribution < 1.29 is 4.74 Å². The molecule has 1 aromatic carbocycles. The fourth-order valence-electron chi connectivity index (χ4n) is 1.57. The van der Waals surface area contributed by atoms with Crippen LogP contribution in [0.25, 0.3) is 0 Å². The summed E-state index contributed by atoms with van der Waals surface area (Å²) in [7, 11) is 0. The van der Waals surface area contributed by atoms with Crippen LogP contribution in [0.4, 0.5) is 0 Å². The number of nitrogens with one attached hydrogen (secondary N) is 1. The third kappa shape index (κ3) is 6.60. The Labute approximate surface area is 120 Å². The second-order valence-electron chi connectivity index (χ2n) is 4.20. The van der Waals surface area contributed by atoms with E-state index in [0.29, 0.717) is 5.02 Å². The molecular weight excluding hydrogens is 269 g/mol. The highest BCUT2D eigenvalue weighted by atomic mass is 35.5. The molecule has 1 aromatic rings. The maximum Gasteiger partial charge on any atom is 0.0590 e. The lowest BCUT2D eigenvalue weighted by Crippen LogP contribution is -2.22. The molecule has 0 aliphatic heterocycles. The van der Waals surface area contributed by atoms with Crippen molar-refractivity contribution in [2.45, 2.75) is 26.2 Å². The molecular formula is C14H21Cl2NO. The van der Waals surface area contributed by atoms with Crippen LogP contribution in [0, 0.1) is 0 Å². The molecule has 0 aliphatic carbocycles. The molecule has 0 unspecified atom stereocenters. The first-order chi connectivity index (χ1) is 8.74. The van der Waals surface area contributed by atoms with Crippen LogP contribution in [-0.4, -0.2) is 26.3 Å². The summed E-state index contributed by atoms with van der Waals surface area (Å²) >= 11 is 11.9. The zero-order valence-electron chi connectivity index (χ0n) is 10.8. The van der Waals surface area contributed by atoms with Crippen molar-refractivity contribution in [2.75, 3.05) is 26.3 Å². The van der Waals surface area contributed by atoms with E-state index in [1.165, 1.54) is 6.42 Å². The molecule has 0 aromatic heterocycles. The van der Waals surface area contributed by atoms with Gasteiger partial charge in [0.2, 0.25) is 0 Å². The summed E-state index contributed by atoms with van der Waals surface area (Å²) in [6, 6.07) is 5.63. The van der Waals surface area contributed by atoms with E-state index >= 15 is 0 Å². The Hall–Kier alpha value is -0.280. The molecule has 1 N–H and O–H groups in total. The van der Waals surface area contributed by atoms with E-state index < -0.39 is 0 Å². The molecule has 0 amide bonds. The maximum atomic E-state index is 6.09. The average Bonchev–Trinajstić information content (AvgIpc) is 2.35. The number of unbranched alkanes of at least 4 members (excludes halogenated alkanes) is 1. The fraction of sp³-hybridized carbons (Fsp3) is 0.571. The fourth-order valence-corrected chi connectivity index (χ4v) is 2.07. The second kappa shape index (κ2) is 9.62. The van der Waals surface area contributed by atoms with Gasteiger partial charge >= 0.3 is 0 Å². The van der Waals surface area contributed by atoms with Crippen LogP contribution in [0.15, 0.2) is 18.2 Å². The Morgan fingerprint density at radius 2 is 2.00 bits per heavy atom. The molecule has 0 fully saturated rings. The Kier molecular flexibility index (Phi) is 8.44. The molecule has 0 saturated carbocycles. The van der Waals surface area contributed by atoms with Gasteiger partial charge in [-0.05, 0) is 37.1 Å². The van der Waals surface area contributed by atoms with E-state index in [-0.39, 0.29) is 0 Å². The molecule has 2 nitrogen and oxygen atoms in total. The van der Waals surface area contributed by atoms with Crippen molar-refractivity contribution in [3.8, 4) is 0 Å². The minimum absolute atomic E-state index is 0.682. The van der Waals surface area contributed by atoms with Gasteiger partial charge in [0, 0.05) is 23.2 Å². The molecule has 0 bridgehead atoms. The molecule has 18 heavy (non-hydrogen) atoms. The van der Waals surface area contributed by atoms with E-state index in [2.05, 4.69) is 12.2 Å². The van der Waals surface area contributed by atoms with Crippen LogP contribution >= 0.6 is 23.2 Å². The summed E-state index contributed by atoms with van der Waals surface area (Å²) in [5.41, 5.74) is 1.13. The van der Waals surface area contributed by atoms with Gasteiger partial charge in [-0.1, -0.05) is 42.6 Å². The van der Waals surface area contributed by atoms with Crippen molar-refractivity contribution in [1.29, 1.82) is 0 Å². The SMILES string of the molecule is CCCCOCCNCCc1ccc(Cl)cc1Cl. The normalized spacial score (nSPS) is 10.8. The molecule has 4 heteroatoms. The van der Waals surface area contributed by atoms with Crippen LogP contribution in [0.5, 0.6) is 0 Å². The van der Waals surface area contributed by atoms with Crippen LogP contribution in [-0.2, 0) is 11.2 Å². The Balaban J connectivity index is 2.07. The maximum absolute atomic E-state index is 6.09. The topological polar surface area (TPSA) is 21.3 Å². The first kappa shape index (κ1) is 15.8. The molecule has 0 heterocycles. The summed E-state index contributed by atoms with van der Waals surface area (Å²) in [4.78, 5) is 0. The van der Waals surface area contributed by atoms with Crippen molar-refractivity contribution in [1.82, 2.24) is 5.32 Å². The van der Waals surface area contributed by atoms with Crippen LogP contribution in [0.2, 0.25) is 10.0 Å². The van der Waals surface area contributed by atoms with Crippen LogP contribution < -0.4 is 5.32 Å². The molecule has 0 spiro atoms. The lowest BCUT2D eigenvalue weighted by Gasteiger charge is -2.07. The van der Waals surface area contributed by atoms with Gasteiger partial charge in [0.15, 0.2) is 0 Å². The highest BCUT2D eigenvalue weighted by Gasteiger charge is 2.00. The third-order valence-electron chi connectivity index (χ3n) is 2.65. The van der Waals surface area contributed by atoms with Gasteiger partial charge in [0.05, 0.1) is 6.61 Å². The van der Waals surface area contributed by atoms with E-state index in [9.17, 15) is 0 Å². The zero-order valence-corrected chi connectivity index (χ0v) is 12.4. The van der Waals surface area contributed by atoms with Gasteiger partial charge in [-0.3, -0.25) is 0 Å². The average molecular weight is 290 g/mol. The molecule has 1 rings (SSSR count). The number of rotatable bonds is 9. The Bertz CT molecular complexity index is 345. The van der Waals surface area contributed by atoms with Crippen LogP contribution in [0.3, 0.4) is 0 Å². The summed E-state index contributed by atoms with van der Waals surface area (Å²) in [5.74, 6) is 0. The highest BCUT2D eigenvalue weighted by Crippen LogP contribution is 2.20. The predicted octanol–water partition coefficient (Wildman–Crippen LogP) is 3.94. The number of hydrogen-bond acceptors (Lipinski definition) is 2. The molecule has 0 atom stereocenters. The Morgan fingerprint density at radius 1 is 1.17 bits per heavy atom. The number of hydrogen-bond donors (Lipinski definition) is 1. The summed E-state index contributed by atoms with van der Waals surface area (Å²) in [6.45, 7) is 5.58. The van der Waals surface area contributed by atoms with E-state index in [0.717, 1.165) is 49.7 Å². The van der Waals surface area contributed by atoms with Crippen LogP contribution in [0.1, 0.15) is 25.3 Å². The minimum atomic E-state index is 0.682. The molecule has 0 radical (unpaired) electrons. The first-order valence-corrected chi connectivity index (χ1v) is 7.22. The van der Waals surface area contributed by atoms with Gasteiger partial charge in [-0.15, -0.1) is 0 Å². The smallest absolute Gasteiger partial charge is 0.0590 e. The standard InChI is InChI=1S/C14H21Cl2NO/c1-2-3-9-18-10-8-17-7-6-12-4-5-13(15)11-14(12)16/h4-5,11,17H,2-3,6-10H2,1H3. The Morgan fingerprint density at radius 3 is 2.72 bits per heavy atom. The quantitative estimate of drug-likeness (QED) is 0.695. The van der Waals surface area contributed by atoms with Gasteiger partial charge in [0.25, 0.3) is 0 Å². The van der Waals surface area contributed by atoms with E-state index in [1.807, 2.05) is 12.1 Å². The number of benzene rings is 1. The monoisotopic (exact) mass is 289 g/mol. The first-order valence-electron chi connectivity index (χ1n) is 6.46. The molecule has 0 saturated heterocycles. The van der Waals surface area contributed by atoms with E-state index in [4.69, 9.17) is 27.9 Å². The third-order valence-corrected chi connectivity index (χ3v) is 3.24. The summed E-state index contributed by atoms with van der Waals surface area (Å²) in [5, 5.41) is 4.76. The molecule has 102 valence electrons. The lowest BCUT2D eigenvalue weighted by atomic mass is 10.1. The largest absolute Gasteiger partial charge is 0.380 e. The van der Waals surface area contributed by atoms with Gasteiger partial charge in [0.1, 0.15) is 0 Å². The second-order valence-corrected chi connectivity index (χ2v) is 5.05. The lowest BCUT2D eigenvalue weighted by molar-refractivity contribution is 0.133. The number of ether oxygens (including phenoxy) is 1. The van der Waals surface area contributed by atoms with Crippen molar-refractivity contribution >= 4 is 23.2 Å². The summed E-state index contributed by atoms with van der Waals surface area (Å²) in [6.07, 6.45) is 3.23. The van der Waals surface area contributed by atoms with E-state index in [1.54, 1.807) is 6.07 Å². The zero-order chi connectivity index (χ0) is 13.2. The minimum Gasteiger partial charge on any atom is -0.380 e. The highest BCUT2D eigenvalue weighted by molar-refractivity contribution is 6.35. The van der Waals surface area contributed by atoms with Crippen molar-refractivity contribution in [3.05, 3.63) is 33.8 Å². The summed E-state index contributed by atoms with van der Waals surface area (Å²) < 4.78 is 5.46. The number of halogens is 2. The predicted molar refractivity (Wildman–Crippen MR) is 78.8 cm³/mol. The van der Waals surface area contributed by atoms with Gasteiger partial charge < -0.3 is 10.1 Å².